The van der Waals surface area contributed by atoms with Gasteiger partial charge < -0.3 is 9.73 Å². The van der Waals surface area contributed by atoms with Crippen LogP contribution in [0.2, 0.25) is 5.02 Å². The van der Waals surface area contributed by atoms with Gasteiger partial charge in [0, 0.05) is 16.6 Å². The van der Waals surface area contributed by atoms with Crippen LogP contribution in [0.1, 0.15) is 52.1 Å². The number of nitrogens with one attached hydrogen (secondary N) is 1. The van der Waals surface area contributed by atoms with Crippen LogP contribution in [-0.4, -0.2) is 30.4 Å². The molecule has 1 atom stereocenters. The minimum absolute atomic E-state index is 0. The number of aryl methyl sites for hydroxylation is 2. The third-order valence-electron chi connectivity index (χ3n) is 5.37. The third kappa shape index (κ3) is 4.80. The molecule has 1 amide bonds. The number of fused-ring (bicyclic) bond motifs is 1. The molecule has 1 N–H and O–H groups in total. The van der Waals surface area contributed by atoms with Gasteiger partial charge in [0.2, 0.25) is 0 Å². The Labute approximate surface area is 186 Å². The predicted molar refractivity (Wildman–Crippen MR) is 123 cm³/mol. The number of thiophene rings is 1. The highest BCUT2D eigenvalue weighted by molar-refractivity contribution is 7.21. The first-order chi connectivity index (χ1) is 13.5. The molecule has 3 heterocycles. The van der Waals surface area contributed by atoms with Crippen molar-refractivity contribution in [2.24, 2.45) is 0 Å². The van der Waals surface area contributed by atoms with Gasteiger partial charge in [0.05, 0.1) is 11.1 Å². The van der Waals surface area contributed by atoms with Gasteiger partial charge in [-0.1, -0.05) is 30.2 Å². The second-order valence-electron chi connectivity index (χ2n) is 7.52. The lowest BCUT2D eigenvalue weighted by molar-refractivity contribution is 0.0918. The summed E-state index contributed by atoms with van der Waals surface area (Å²) in [5.41, 5.74) is 1.16. The van der Waals surface area contributed by atoms with E-state index in [4.69, 9.17) is 16.0 Å². The summed E-state index contributed by atoms with van der Waals surface area (Å²) in [5.74, 6) is 1.69. The number of carbonyl (C=O) groups excluding carboxylic acids is 1. The van der Waals surface area contributed by atoms with Crippen LogP contribution < -0.4 is 5.32 Å². The zero-order chi connectivity index (χ0) is 19.7. The molecule has 0 aliphatic carbocycles. The molecule has 4 rings (SSSR count). The highest BCUT2D eigenvalue weighted by Crippen LogP contribution is 2.36. The highest BCUT2D eigenvalue weighted by Gasteiger charge is 2.26. The Morgan fingerprint density at radius 2 is 1.97 bits per heavy atom. The van der Waals surface area contributed by atoms with Gasteiger partial charge in [0.1, 0.15) is 16.4 Å². The van der Waals surface area contributed by atoms with Gasteiger partial charge in [-0.15, -0.1) is 23.7 Å². The summed E-state index contributed by atoms with van der Waals surface area (Å²) in [4.78, 5) is 15.9. The molecule has 0 bridgehead atoms. The van der Waals surface area contributed by atoms with Crippen LogP contribution in [0.5, 0.6) is 0 Å². The van der Waals surface area contributed by atoms with Gasteiger partial charge in [-0.05, 0) is 63.5 Å². The van der Waals surface area contributed by atoms with Crippen molar-refractivity contribution in [3.05, 3.63) is 57.3 Å². The highest BCUT2D eigenvalue weighted by atomic mass is 35.5. The molecular weight excluding hydrogens is 427 g/mol. The van der Waals surface area contributed by atoms with Crippen LogP contribution in [0.3, 0.4) is 0 Å². The Morgan fingerprint density at radius 3 is 2.66 bits per heavy atom. The maximum absolute atomic E-state index is 12.9. The summed E-state index contributed by atoms with van der Waals surface area (Å²) >= 11 is 7.96. The van der Waals surface area contributed by atoms with Crippen LogP contribution in [0.25, 0.3) is 10.1 Å². The van der Waals surface area contributed by atoms with Gasteiger partial charge in [-0.25, -0.2) is 0 Å². The molecule has 29 heavy (non-hydrogen) atoms. The van der Waals surface area contributed by atoms with Gasteiger partial charge >= 0.3 is 0 Å². The van der Waals surface area contributed by atoms with Crippen LogP contribution in [0.4, 0.5) is 0 Å². The number of piperidine rings is 1. The maximum atomic E-state index is 12.9. The molecule has 2 aromatic heterocycles. The summed E-state index contributed by atoms with van der Waals surface area (Å²) < 4.78 is 6.95. The van der Waals surface area contributed by atoms with Crippen LogP contribution in [0, 0.1) is 13.8 Å². The predicted octanol–water partition coefficient (Wildman–Crippen LogP) is 6.14. The van der Waals surface area contributed by atoms with E-state index in [1.54, 1.807) is 0 Å². The number of hydrogen-bond donors (Lipinski definition) is 1. The van der Waals surface area contributed by atoms with Gasteiger partial charge in [-0.2, -0.15) is 0 Å². The second-order valence-corrected chi connectivity index (χ2v) is 8.95. The molecular formula is C22H26Cl2N2O2S. The van der Waals surface area contributed by atoms with Crippen molar-refractivity contribution < 1.29 is 9.21 Å². The number of hydrogen-bond acceptors (Lipinski definition) is 4. The lowest BCUT2D eigenvalue weighted by Gasteiger charge is -2.33. The molecule has 1 aliphatic heterocycles. The van der Waals surface area contributed by atoms with E-state index >= 15 is 0 Å². The fraction of sp³-hybridized carbons (Fsp3) is 0.409. The van der Waals surface area contributed by atoms with Crippen LogP contribution in [-0.2, 0) is 0 Å². The quantitative estimate of drug-likeness (QED) is 0.505. The molecule has 1 saturated heterocycles. The maximum Gasteiger partial charge on any atom is 0.263 e. The van der Waals surface area contributed by atoms with Crippen molar-refractivity contribution in [2.45, 2.75) is 39.2 Å². The number of furan rings is 1. The Kier molecular flexibility index (Phi) is 7.28. The number of nitrogens with zero attached hydrogens (tertiary/aromatic N) is 1. The average molecular weight is 453 g/mol. The molecule has 1 aromatic carbocycles. The molecule has 0 radical (unpaired) electrons. The number of likely N-dealkylation sites (tertiary alicyclic amines) is 1. The van der Waals surface area contributed by atoms with Crippen LogP contribution >= 0.6 is 35.3 Å². The minimum atomic E-state index is -0.117. The lowest BCUT2D eigenvalue weighted by atomic mass is 10.1. The Hall–Kier alpha value is -1.53. The molecule has 156 valence electrons. The SMILES string of the molecule is Cc1ccc2c(Cl)c(C(=O)NCC(c3ccc(C)o3)N3CCCCC3)sc2c1.Cl. The number of carbonyl (C=O) groups is 1. The smallest absolute Gasteiger partial charge is 0.263 e. The Balaban J connectivity index is 0.00000240. The summed E-state index contributed by atoms with van der Waals surface area (Å²) in [6.07, 6.45) is 3.64. The second kappa shape index (κ2) is 9.52. The zero-order valence-corrected chi connectivity index (χ0v) is 19.1. The topological polar surface area (TPSA) is 45.5 Å². The number of amides is 1. The molecule has 4 nitrogen and oxygen atoms in total. The van der Waals surface area contributed by atoms with Crippen molar-refractivity contribution in [3.8, 4) is 0 Å². The number of rotatable bonds is 5. The van der Waals surface area contributed by atoms with E-state index in [0.717, 1.165) is 40.3 Å². The van der Waals surface area contributed by atoms with E-state index in [-0.39, 0.29) is 24.4 Å². The summed E-state index contributed by atoms with van der Waals surface area (Å²) in [6.45, 7) is 6.57. The summed E-state index contributed by atoms with van der Waals surface area (Å²) in [7, 11) is 0. The summed E-state index contributed by atoms with van der Waals surface area (Å²) in [6, 6.07) is 10.1. The zero-order valence-electron chi connectivity index (χ0n) is 16.7. The third-order valence-corrected chi connectivity index (χ3v) is 7.02. The van der Waals surface area contributed by atoms with Gasteiger partial charge in [0.25, 0.3) is 5.91 Å². The summed E-state index contributed by atoms with van der Waals surface area (Å²) in [5, 5.41) is 4.59. The van der Waals surface area contributed by atoms with E-state index in [0.29, 0.717) is 16.4 Å². The average Bonchev–Trinajstić information content (AvgIpc) is 3.26. The van der Waals surface area contributed by atoms with Crippen molar-refractivity contribution in [2.75, 3.05) is 19.6 Å². The van der Waals surface area contributed by atoms with E-state index in [1.165, 1.54) is 30.6 Å². The largest absolute Gasteiger partial charge is 0.465 e. The van der Waals surface area contributed by atoms with Crippen LogP contribution in [0.15, 0.2) is 34.7 Å². The molecule has 0 saturated carbocycles. The monoisotopic (exact) mass is 452 g/mol. The Bertz CT molecular complexity index is 992. The fourth-order valence-electron chi connectivity index (χ4n) is 3.86. The van der Waals surface area contributed by atoms with E-state index in [2.05, 4.69) is 16.3 Å². The van der Waals surface area contributed by atoms with Gasteiger partial charge in [0.15, 0.2) is 0 Å². The molecule has 1 unspecified atom stereocenters. The number of benzene rings is 1. The minimum Gasteiger partial charge on any atom is -0.465 e. The molecule has 1 fully saturated rings. The van der Waals surface area contributed by atoms with Crippen molar-refractivity contribution in [1.29, 1.82) is 0 Å². The first-order valence-electron chi connectivity index (χ1n) is 9.80. The van der Waals surface area contributed by atoms with E-state index in [1.807, 2.05) is 38.1 Å². The molecule has 0 spiro atoms. The first kappa shape index (κ1) is 22.2. The van der Waals surface area contributed by atoms with Gasteiger partial charge in [-0.3, -0.25) is 9.69 Å². The van der Waals surface area contributed by atoms with Crippen molar-refractivity contribution >= 4 is 51.3 Å². The normalized spacial score (nSPS) is 15.8. The lowest BCUT2D eigenvalue weighted by Crippen LogP contribution is -2.40. The fourth-order valence-corrected chi connectivity index (χ4v) is 5.39. The van der Waals surface area contributed by atoms with E-state index < -0.39 is 0 Å². The van der Waals surface area contributed by atoms with Crippen molar-refractivity contribution in [3.63, 3.8) is 0 Å². The van der Waals surface area contributed by atoms with E-state index in [9.17, 15) is 4.79 Å². The number of halogens is 2. The van der Waals surface area contributed by atoms with Crippen molar-refractivity contribution in [1.82, 2.24) is 10.2 Å². The molecule has 3 aromatic rings. The Morgan fingerprint density at radius 1 is 1.21 bits per heavy atom. The first-order valence-corrected chi connectivity index (χ1v) is 11.0. The standard InChI is InChI=1S/C22H25ClN2O2S.ClH/c1-14-6-8-16-19(12-14)28-21(20(16)23)22(26)24-13-17(18-9-7-15(2)27-18)25-10-4-3-5-11-25;/h6-9,12,17H,3-5,10-11,13H2,1-2H3,(H,24,26);1H. The molecule has 1 aliphatic rings. The molecule has 7 heteroatoms.